The van der Waals surface area contributed by atoms with Crippen molar-refractivity contribution in [1.29, 1.82) is 0 Å². The second-order valence-corrected chi connectivity index (χ2v) is 8.10. The lowest BCUT2D eigenvalue weighted by molar-refractivity contribution is 0.0703. The number of carbonyl (C=O) groups is 1. The van der Waals surface area contributed by atoms with Gasteiger partial charge < -0.3 is 19.1 Å². The fourth-order valence-corrected chi connectivity index (χ4v) is 4.60. The summed E-state index contributed by atoms with van der Waals surface area (Å²) in [5, 5.41) is 5.44. The van der Waals surface area contributed by atoms with Crippen LogP contribution in [0, 0.1) is 0 Å². The number of likely N-dealkylation sites (tertiary alicyclic amines) is 1. The maximum absolute atomic E-state index is 12.7. The molecule has 1 fully saturated rings. The van der Waals surface area contributed by atoms with E-state index in [0.717, 1.165) is 80.0 Å². The van der Waals surface area contributed by atoms with Crippen LogP contribution in [0.2, 0.25) is 0 Å². The zero-order chi connectivity index (χ0) is 20.5. The molecule has 0 unspecified atom stereocenters. The first-order chi connectivity index (χ1) is 14.7. The minimum atomic E-state index is 0.0660. The van der Waals surface area contributed by atoms with Crippen LogP contribution >= 0.6 is 0 Å². The second-order valence-electron chi connectivity index (χ2n) is 8.10. The molecule has 0 radical (unpaired) electrons. The molecular formula is C23H26N4O3. The molecule has 1 aromatic carbocycles. The normalized spacial score (nSPS) is 18.0. The van der Waals surface area contributed by atoms with Crippen molar-refractivity contribution in [1.82, 2.24) is 19.9 Å². The van der Waals surface area contributed by atoms with Gasteiger partial charge in [-0.25, -0.2) is 0 Å². The molecule has 0 saturated carbocycles. The Morgan fingerprint density at radius 3 is 2.87 bits per heavy atom. The Labute approximate surface area is 175 Å². The summed E-state index contributed by atoms with van der Waals surface area (Å²) in [6.07, 6.45) is 4.69. The second kappa shape index (κ2) is 8.07. The van der Waals surface area contributed by atoms with Crippen LogP contribution in [0.1, 0.15) is 40.5 Å². The Morgan fingerprint density at radius 1 is 1.17 bits per heavy atom. The highest BCUT2D eigenvalue weighted by Gasteiger charge is 2.28. The Hall–Kier alpha value is -2.93. The van der Waals surface area contributed by atoms with E-state index in [-0.39, 0.29) is 5.91 Å². The van der Waals surface area contributed by atoms with Crippen LogP contribution < -0.4 is 4.74 Å². The number of aromatic nitrogens is 2. The van der Waals surface area contributed by atoms with Gasteiger partial charge in [-0.2, -0.15) is 0 Å². The Balaban J connectivity index is 1.17. The van der Waals surface area contributed by atoms with Crippen molar-refractivity contribution in [3.05, 3.63) is 53.5 Å². The third-order valence-corrected chi connectivity index (χ3v) is 6.40. The number of amides is 1. The van der Waals surface area contributed by atoms with Gasteiger partial charge in [-0.05, 0) is 56.1 Å². The van der Waals surface area contributed by atoms with Crippen molar-refractivity contribution < 1.29 is 14.1 Å². The summed E-state index contributed by atoms with van der Waals surface area (Å²) in [4.78, 5) is 21.4. The minimum Gasteiger partial charge on any atom is -0.497 e. The molecule has 3 aromatic rings. The van der Waals surface area contributed by atoms with E-state index in [4.69, 9.17) is 9.26 Å². The van der Waals surface area contributed by atoms with Crippen molar-refractivity contribution in [2.24, 2.45) is 0 Å². The van der Waals surface area contributed by atoms with E-state index in [1.54, 1.807) is 13.3 Å². The molecule has 0 aliphatic carbocycles. The van der Waals surface area contributed by atoms with Gasteiger partial charge in [-0.3, -0.25) is 9.78 Å². The molecule has 7 heteroatoms. The molecule has 7 nitrogen and oxygen atoms in total. The Bertz CT molecular complexity index is 1060. The van der Waals surface area contributed by atoms with Gasteiger partial charge in [-0.1, -0.05) is 11.2 Å². The zero-order valence-electron chi connectivity index (χ0n) is 17.2. The number of benzene rings is 1. The first-order valence-electron chi connectivity index (χ1n) is 10.6. The van der Waals surface area contributed by atoms with Crippen LogP contribution in [-0.4, -0.2) is 65.7 Å². The van der Waals surface area contributed by atoms with Gasteiger partial charge in [0.05, 0.1) is 12.8 Å². The Morgan fingerprint density at radius 2 is 2.03 bits per heavy atom. The number of piperidine rings is 1. The molecule has 2 aromatic heterocycles. The maximum atomic E-state index is 12.7. The van der Waals surface area contributed by atoms with E-state index in [9.17, 15) is 4.79 Å². The number of nitrogens with zero attached hydrogens (tertiary/aromatic N) is 4. The van der Waals surface area contributed by atoms with Gasteiger partial charge >= 0.3 is 0 Å². The summed E-state index contributed by atoms with van der Waals surface area (Å²) in [5.41, 5.74) is 3.53. The molecule has 0 N–H and O–H groups in total. The summed E-state index contributed by atoms with van der Waals surface area (Å²) in [6, 6.07) is 9.80. The van der Waals surface area contributed by atoms with Crippen molar-refractivity contribution in [2.75, 3.05) is 39.8 Å². The van der Waals surface area contributed by atoms with Crippen LogP contribution in [-0.2, 0) is 6.42 Å². The number of hydrogen-bond acceptors (Lipinski definition) is 6. The van der Waals surface area contributed by atoms with Crippen LogP contribution in [0.15, 0.2) is 41.1 Å². The predicted molar refractivity (Wildman–Crippen MR) is 113 cm³/mol. The molecule has 1 saturated heterocycles. The van der Waals surface area contributed by atoms with Gasteiger partial charge in [-0.15, -0.1) is 0 Å². The molecule has 0 spiro atoms. The number of hydrogen-bond donors (Lipinski definition) is 0. The number of pyridine rings is 1. The summed E-state index contributed by atoms with van der Waals surface area (Å²) < 4.78 is 10.8. The van der Waals surface area contributed by atoms with Crippen LogP contribution in [0.25, 0.3) is 11.0 Å². The smallest absolute Gasteiger partial charge is 0.272 e. The van der Waals surface area contributed by atoms with E-state index < -0.39 is 0 Å². The lowest BCUT2D eigenvalue weighted by atomic mass is 9.91. The highest BCUT2D eigenvalue weighted by Crippen LogP contribution is 2.33. The predicted octanol–water partition coefficient (Wildman–Crippen LogP) is 3.11. The maximum Gasteiger partial charge on any atom is 0.272 e. The van der Waals surface area contributed by atoms with E-state index in [2.05, 4.69) is 15.0 Å². The average molecular weight is 406 g/mol. The standard InChI is InChI=1S/C23H26N4O3/c1-29-18-4-5-19-20(15-18)30-25-21(19)17-6-10-26(11-7-17)13-14-27-12-8-16-3-2-9-24-22(16)23(27)28/h2-5,9,15,17H,6-8,10-14H2,1H3. The molecule has 30 heavy (non-hydrogen) atoms. The summed E-state index contributed by atoms with van der Waals surface area (Å²) in [6.45, 7) is 4.45. The van der Waals surface area contributed by atoms with Gasteiger partial charge in [0.2, 0.25) is 0 Å². The van der Waals surface area contributed by atoms with Crippen LogP contribution in [0.3, 0.4) is 0 Å². The largest absolute Gasteiger partial charge is 0.497 e. The van der Waals surface area contributed by atoms with E-state index in [1.165, 1.54) is 0 Å². The summed E-state index contributed by atoms with van der Waals surface area (Å²) in [7, 11) is 1.65. The lowest BCUT2D eigenvalue weighted by Crippen LogP contribution is -2.44. The quantitative estimate of drug-likeness (QED) is 0.648. The molecular weight excluding hydrogens is 380 g/mol. The number of methoxy groups -OCH3 is 1. The van der Waals surface area contributed by atoms with E-state index in [0.29, 0.717) is 11.6 Å². The highest BCUT2D eigenvalue weighted by molar-refractivity contribution is 5.94. The van der Waals surface area contributed by atoms with Crippen molar-refractivity contribution in [3.63, 3.8) is 0 Å². The number of carbonyl (C=O) groups excluding carboxylic acids is 1. The van der Waals surface area contributed by atoms with E-state index >= 15 is 0 Å². The first kappa shape index (κ1) is 19.1. The minimum absolute atomic E-state index is 0.0660. The van der Waals surface area contributed by atoms with E-state index in [1.807, 2.05) is 35.2 Å². The summed E-state index contributed by atoms with van der Waals surface area (Å²) in [5.74, 6) is 1.25. The fraction of sp³-hybridized carbons (Fsp3) is 0.435. The van der Waals surface area contributed by atoms with Crippen molar-refractivity contribution in [3.8, 4) is 5.75 Å². The van der Waals surface area contributed by atoms with Gasteiger partial charge in [0.25, 0.3) is 5.91 Å². The molecule has 4 heterocycles. The molecule has 5 rings (SSSR count). The fourth-order valence-electron chi connectivity index (χ4n) is 4.60. The van der Waals surface area contributed by atoms with Gasteiger partial charge in [0, 0.05) is 43.2 Å². The van der Waals surface area contributed by atoms with Gasteiger partial charge in [0.15, 0.2) is 5.58 Å². The monoisotopic (exact) mass is 406 g/mol. The van der Waals surface area contributed by atoms with Crippen molar-refractivity contribution in [2.45, 2.75) is 25.2 Å². The average Bonchev–Trinajstić information content (AvgIpc) is 3.22. The van der Waals surface area contributed by atoms with Crippen LogP contribution in [0.5, 0.6) is 5.75 Å². The third-order valence-electron chi connectivity index (χ3n) is 6.40. The topological polar surface area (TPSA) is 71.7 Å². The molecule has 156 valence electrons. The number of rotatable bonds is 5. The molecule has 2 aliphatic heterocycles. The third kappa shape index (κ3) is 3.54. The molecule has 2 aliphatic rings. The number of ether oxygens (including phenoxy) is 1. The Kier molecular flexibility index (Phi) is 5.12. The summed E-state index contributed by atoms with van der Waals surface area (Å²) >= 11 is 0. The molecule has 1 amide bonds. The van der Waals surface area contributed by atoms with Crippen molar-refractivity contribution >= 4 is 16.9 Å². The zero-order valence-corrected chi connectivity index (χ0v) is 17.2. The molecule has 0 atom stereocenters. The van der Waals surface area contributed by atoms with Crippen LogP contribution in [0.4, 0.5) is 0 Å². The number of fused-ring (bicyclic) bond motifs is 2. The highest BCUT2D eigenvalue weighted by atomic mass is 16.5. The lowest BCUT2D eigenvalue weighted by Gasteiger charge is -2.34. The molecule has 0 bridgehead atoms. The SMILES string of the molecule is COc1ccc2c(C3CCN(CCN4CCc5cccnc5C4=O)CC3)noc2c1. The first-order valence-corrected chi connectivity index (χ1v) is 10.6. The van der Waals surface area contributed by atoms with Gasteiger partial charge in [0.1, 0.15) is 11.4 Å².